The van der Waals surface area contributed by atoms with Crippen molar-refractivity contribution in [3.8, 4) is 0 Å². The lowest BCUT2D eigenvalue weighted by Gasteiger charge is -2.05. The highest BCUT2D eigenvalue weighted by molar-refractivity contribution is 5.56. The number of anilines is 3. The van der Waals surface area contributed by atoms with E-state index in [0.29, 0.717) is 11.5 Å². The van der Waals surface area contributed by atoms with Gasteiger partial charge in [0, 0.05) is 18.0 Å². The van der Waals surface area contributed by atoms with Crippen LogP contribution in [0.15, 0.2) is 30.5 Å². The van der Waals surface area contributed by atoms with Gasteiger partial charge in [0.05, 0.1) is 0 Å². The molecule has 0 amide bonds. The Morgan fingerprint density at radius 3 is 2.62 bits per heavy atom. The maximum atomic E-state index is 12.9. The third-order valence-electron chi connectivity index (χ3n) is 1.87. The zero-order chi connectivity index (χ0) is 11.5. The maximum absolute atomic E-state index is 12.9. The first-order valence-electron chi connectivity index (χ1n) is 4.46. The van der Waals surface area contributed by atoms with Crippen LogP contribution in [-0.2, 0) is 0 Å². The first-order chi connectivity index (χ1) is 7.65. The molecule has 0 aliphatic heterocycles. The van der Waals surface area contributed by atoms with Crippen LogP contribution < -0.4 is 11.1 Å². The van der Waals surface area contributed by atoms with E-state index in [2.05, 4.69) is 15.3 Å². The van der Waals surface area contributed by atoms with Crippen molar-refractivity contribution in [3.05, 3.63) is 42.1 Å². The molecule has 4 nitrogen and oxygen atoms in total. The average Bonchev–Trinajstić information content (AvgIpc) is 2.24. The van der Waals surface area contributed by atoms with Crippen molar-refractivity contribution in [2.75, 3.05) is 11.1 Å². The highest BCUT2D eigenvalue weighted by Gasteiger charge is 2.03. The number of benzene rings is 1. The first kappa shape index (κ1) is 10.3. The Hall–Kier alpha value is -2.24. The summed E-state index contributed by atoms with van der Waals surface area (Å²) >= 11 is 0. The van der Waals surface area contributed by atoms with Crippen LogP contribution in [0.2, 0.25) is 0 Å². The molecule has 0 aliphatic rings. The highest BCUT2D eigenvalue weighted by atomic mass is 19.2. The van der Waals surface area contributed by atoms with Crippen LogP contribution in [0.3, 0.4) is 0 Å². The molecule has 6 heteroatoms. The van der Waals surface area contributed by atoms with E-state index in [-0.39, 0.29) is 5.95 Å². The molecule has 0 spiro atoms. The Morgan fingerprint density at radius 1 is 1.12 bits per heavy atom. The molecule has 1 aromatic heterocycles. The normalized spacial score (nSPS) is 10.1. The molecule has 0 aliphatic carbocycles. The SMILES string of the molecule is Nc1nccc(Nc2ccc(F)c(F)c2)n1. The second kappa shape index (κ2) is 4.09. The minimum Gasteiger partial charge on any atom is -0.368 e. The third kappa shape index (κ3) is 2.22. The predicted molar refractivity (Wildman–Crippen MR) is 56.1 cm³/mol. The van der Waals surface area contributed by atoms with Gasteiger partial charge in [0.1, 0.15) is 5.82 Å². The quantitative estimate of drug-likeness (QED) is 0.816. The number of hydrogen-bond acceptors (Lipinski definition) is 4. The van der Waals surface area contributed by atoms with E-state index in [1.807, 2.05) is 0 Å². The van der Waals surface area contributed by atoms with Crippen molar-refractivity contribution in [1.29, 1.82) is 0 Å². The van der Waals surface area contributed by atoms with Gasteiger partial charge in [-0.05, 0) is 18.2 Å². The third-order valence-corrected chi connectivity index (χ3v) is 1.87. The van der Waals surface area contributed by atoms with Gasteiger partial charge in [0.15, 0.2) is 11.6 Å². The molecule has 2 rings (SSSR count). The molecule has 1 heterocycles. The van der Waals surface area contributed by atoms with Gasteiger partial charge in [-0.15, -0.1) is 0 Å². The summed E-state index contributed by atoms with van der Waals surface area (Å²) in [6.07, 6.45) is 1.46. The van der Waals surface area contributed by atoms with Gasteiger partial charge in [-0.25, -0.2) is 13.8 Å². The number of rotatable bonds is 2. The lowest BCUT2D eigenvalue weighted by Crippen LogP contribution is -1.99. The topological polar surface area (TPSA) is 63.8 Å². The van der Waals surface area contributed by atoms with E-state index in [1.165, 1.54) is 12.3 Å². The van der Waals surface area contributed by atoms with Crippen molar-refractivity contribution >= 4 is 17.5 Å². The lowest BCUT2D eigenvalue weighted by atomic mass is 10.3. The van der Waals surface area contributed by atoms with Crippen molar-refractivity contribution in [3.63, 3.8) is 0 Å². The zero-order valence-corrected chi connectivity index (χ0v) is 8.11. The van der Waals surface area contributed by atoms with E-state index >= 15 is 0 Å². The molecule has 0 radical (unpaired) electrons. The van der Waals surface area contributed by atoms with E-state index in [0.717, 1.165) is 12.1 Å². The summed E-state index contributed by atoms with van der Waals surface area (Å²) in [4.78, 5) is 7.57. The average molecular weight is 222 g/mol. The number of nitrogen functional groups attached to an aromatic ring is 1. The number of halogens is 2. The smallest absolute Gasteiger partial charge is 0.221 e. The number of hydrogen-bond donors (Lipinski definition) is 2. The fourth-order valence-corrected chi connectivity index (χ4v) is 1.17. The minimum absolute atomic E-state index is 0.104. The standard InChI is InChI=1S/C10H8F2N4/c11-7-2-1-6(5-8(7)12)15-9-3-4-14-10(13)16-9/h1-5H,(H3,13,14,15,16). The summed E-state index contributed by atoms with van der Waals surface area (Å²) in [5.41, 5.74) is 5.76. The minimum atomic E-state index is -0.924. The van der Waals surface area contributed by atoms with Crippen molar-refractivity contribution in [1.82, 2.24) is 9.97 Å². The number of nitrogens with two attached hydrogens (primary N) is 1. The van der Waals surface area contributed by atoms with Crippen molar-refractivity contribution in [2.45, 2.75) is 0 Å². The number of nitrogens with one attached hydrogen (secondary N) is 1. The molecule has 0 atom stereocenters. The highest BCUT2D eigenvalue weighted by Crippen LogP contribution is 2.17. The summed E-state index contributed by atoms with van der Waals surface area (Å²) in [6, 6.07) is 5.03. The summed E-state index contributed by atoms with van der Waals surface area (Å²) in [5.74, 6) is -1.30. The molecule has 3 N–H and O–H groups in total. The molecule has 0 saturated carbocycles. The molecular formula is C10H8F2N4. The monoisotopic (exact) mass is 222 g/mol. The van der Waals surface area contributed by atoms with Crippen LogP contribution in [0, 0.1) is 11.6 Å². The van der Waals surface area contributed by atoms with Gasteiger partial charge in [-0.1, -0.05) is 0 Å². The Morgan fingerprint density at radius 2 is 1.94 bits per heavy atom. The van der Waals surface area contributed by atoms with Crippen LogP contribution in [0.4, 0.5) is 26.2 Å². The molecule has 1 aromatic carbocycles. The maximum Gasteiger partial charge on any atom is 0.221 e. The van der Waals surface area contributed by atoms with E-state index in [4.69, 9.17) is 5.73 Å². The molecule has 0 saturated heterocycles. The van der Waals surface area contributed by atoms with Crippen LogP contribution in [0.25, 0.3) is 0 Å². The molecule has 2 aromatic rings. The lowest BCUT2D eigenvalue weighted by molar-refractivity contribution is 0.509. The first-order valence-corrected chi connectivity index (χ1v) is 4.46. The van der Waals surface area contributed by atoms with Gasteiger partial charge in [0.2, 0.25) is 5.95 Å². The van der Waals surface area contributed by atoms with Gasteiger partial charge in [-0.3, -0.25) is 0 Å². The van der Waals surface area contributed by atoms with Crippen LogP contribution in [-0.4, -0.2) is 9.97 Å². The molecule has 0 bridgehead atoms. The van der Waals surface area contributed by atoms with Crippen LogP contribution >= 0.6 is 0 Å². The van der Waals surface area contributed by atoms with Crippen LogP contribution in [0.1, 0.15) is 0 Å². The Kier molecular flexibility index (Phi) is 2.63. The summed E-state index contributed by atoms with van der Waals surface area (Å²) in [5, 5.41) is 2.78. The van der Waals surface area contributed by atoms with Crippen molar-refractivity contribution in [2.24, 2.45) is 0 Å². The molecular weight excluding hydrogens is 214 g/mol. The van der Waals surface area contributed by atoms with Gasteiger partial charge < -0.3 is 11.1 Å². The summed E-state index contributed by atoms with van der Waals surface area (Å²) in [6.45, 7) is 0. The van der Waals surface area contributed by atoms with Crippen LogP contribution in [0.5, 0.6) is 0 Å². The Labute approximate surface area is 90.1 Å². The fraction of sp³-hybridized carbons (Fsp3) is 0. The molecule has 0 unspecified atom stereocenters. The summed E-state index contributed by atoms with van der Waals surface area (Å²) < 4.78 is 25.5. The molecule has 0 fully saturated rings. The number of aromatic nitrogens is 2. The van der Waals surface area contributed by atoms with Gasteiger partial charge in [-0.2, -0.15) is 4.98 Å². The predicted octanol–water partition coefficient (Wildman–Crippen LogP) is 2.08. The van der Waals surface area contributed by atoms with Gasteiger partial charge >= 0.3 is 0 Å². The fourth-order valence-electron chi connectivity index (χ4n) is 1.17. The Balaban J connectivity index is 2.24. The Bertz CT molecular complexity index is 516. The van der Waals surface area contributed by atoms with Gasteiger partial charge in [0.25, 0.3) is 0 Å². The van der Waals surface area contributed by atoms with Crippen molar-refractivity contribution < 1.29 is 8.78 Å². The second-order valence-electron chi connectivity index (χ2n) is 3.05. The van der Waals surface area contributed by atoms with E-state index < -0.39 is 11.6 Å². The molecule has 82 valence electrons. The largest absolute Gasteiger partial charge is 0.368 e. The summed E-state index contributed by atoms with van der Waals surface area (Å²) in [7, 11) is 0. The zero-order valence-electron chi connectivity index (χ0n) is 8.11. The van der Waals surface area contributed by atoms with E-state index in [1.54, 1.807) is 6.07 Å². The number of nitrogens with zero attached hydrogens (tertiary/aromatic N) is 2. The second-order valence-corrected chi connectivity index (χ2v) is 3.05. The van der Waals surface area contributed by atoms with E-state index in [9.17, 15) is 8.78 Å². The molecule has 16 heavy (non-hydrogen) atoms.